The van der Waals surface area contributed by atoms with Crippen LogP contribution in [0.4, 0.5) is 0 Å². The van der Waals surface area contributed by atoms with E-state index in [9.17, 15) is 4.79 Å². The predicted octanol–water partition coefficient (Wildman–Crippen LogP) is 3.13. The van der Waals surface area contributed by atoms with E-state index in [1.807, 2.05) is 26.0 Å². The van der Waals surface area contributed by atoms with Gasteiger partial charge in [0.05, 0.1) is 18.1 Å². The van der Waals surface area contributed by atoms with Crippen LogP contribution in [-0.4, -0.2) is 23.9 Å². The number of amides is 1. The van der Waals surface area contributed by atoms with Crippen LogP contribution in [0.2, 0.25) is 0 Å². The Balaban J connectivity index is 2.94. The summed E-state index contributed by atoms with van der Waals surface area (Å²) < 4.78 is 0.834. The maximum atomic E-state index is 12.2. The summed E-state index contributed by atoms with van der Waals surface area (Å²) in [5.41, 5.74) is 1.69. The normalized spacial score (nSPS) is 9.76. The minimum atomic E-state index is -0.0293. The molecule has 0 bridgehead atoms. The summed E-state index contributed by atoms with van der Waals surface area (Å²) >= 11 is 3.43. The maximum absolute atomic E-state index is 12.2. The second-order valence-electron chi connectivity index (χ2n) is 3.73. The van der Waals surface area contributed by atoms with Gasteiger partial charge >= 0.3 is 0 Å². The average Bonchev–Trinajstić information content (AvgIpc) is 2.33. The summed E-state index contributed by atoms with van der Waals surface area (Å²) in [4.78, 5) is 13.9. The molecule has 17 heavy (non-hydrogen) atoms. The van der Waals surface area contributed by atoms with Gasteiger partial charge in [0.2, 0.25) is 0 Å². The number of nitrogens with zero attached hydrogens (tertiary/aromatic N) is 2. The van der Waals surface area contributed by atoms with Crippen LogP contribution in [0.25, 0.3) is 0 Å². The summed E-state index contributed by atoms with van der Waals surface area (Å²) in [5.74, 6) is -0.0293. The first-order valence-corrected chi connectivity index (χ1v) is 6.32. The average molecular weight is 295 g/mol. The molecule has 0 saturated carbocycles. The molecule has 0 aromatic heterocycles. The molecule has 0 radical (unpaired) electrons. The van der Waals surface area contributed by atoms with Gasteiger partial charge in [0.15, 0.2) is 0 Å². The van der Waals surface area contributed by atoms with E-state index in [2.05, 4.69) is 22.0 Å². The number of hydrogen-bond donors (Lipinski definition) is 0. The fourth-order valence-corrected chi connectivity index (χ4v) is 2.01. The minimum Gasteiger partial charge on any atom is -0.338 e. The molecule has 0 aliphatic carbocycles. The molecule has 0 fully saturated rings. The number of hydrogen-bond acceptors (Lipinski definition) is 2. The van der Waals surface area contributed by atoms with E-state index >= 15 is 0 Å². The van der Waals surface area contributed by atoms with Crippen molar-refractivity contribution in [3.63, 3.8) is 0 Å². The van der Waals surface area contributed by atoms with Crippen molar-refractivity contribution >= 4 is 21.8 Å². The number of rotatable bonds is 4. The van der Waals surface area contributed by atoms with Gasteiger partial charge in [0.1, 0.15) is 0 Å². The van der Waals surface area contributed by atoms with Gasteiger partial charge in [-0.3, -0.25) is 4.79 Å². The zero-order chi connectivity index (χ0) is 12.8. The van der Waals surface area contributed by atoms with Gasteiger partial charge in [-0.25, -0.2) is 0 Å². The Morgan fingerprint density at radius 2 is 2.24 bits per heavy atom. The quantitative estimate of drug-likeness (QED) is 0.856. The van der Waals surface area contributed by atoms with E-state index in [4.69, 9.17) is 5.26 Å². The van der Waals surface area contributed by atoms with Crippen molar-refractivity contribution in [2.24, 2.45) is 0 Å². The monoisotopic (exact) mass is 294 g/mol. The third kappa shape index (κ3) is 3.31. The second kappa shape index (κ2) is 6.41. The molecule has 90 valence electrons. The van der Waals surface area contributed by atoms with E-state index in [0.717, 1.165) is 10.0 Å². The molecule has 0 atom stereocenters. The van der Waals surface area contributed by atoms with Crippen molar-refractivity contribution < 1.29 is 4.79 Å². The molecule has 0 saturated heterocycles. The van der Waals surface area contributed by atoms with Gasteiger partial charge in [-0.15, -0.1) is 0 Å². The van der Waals surface area contributed by atoms with E-state index in [1.54, 1.807) is 11.0 Å². The molecule has 4 heteroatoms. The van der Waals surface area contributed by atoms with Gasteiger partial charge in [-0.05, 0) is 41.4 Å². The van der Waals surface area contributed by atoms with Crippen LogP contribution in [0.5, 0.6) is 0 Å². The predicted molar refractivity (Wildman–Crippen MR) is 70.7 cm³/mol. The molecule has 0 N–H and O–H groups in total. The lowest BCUT2D eigenvalue weighted by molar-refractivity contribution is 0.0767. The van der Waals surface area contributed by atoms with Gasteiger partial charge in [-0.2, -0.15) is 5.26 Å². The Morgan fingerprint density at radius 3 is 2.82 bits per heavy atom. The highest BCUT2D eigenvalue weighted by atomic mass is 79.9. The zero-order valence-electron chi connectivity index (χ0n) is 10.0. The molecule has 0 aliphatic rings. The molecule has 0 spiro atoms. The number of aryl methyl sites for hydroxylation is 1. The third-order valence-electron chi connectivity index (χ3n) is 2.58. The summed E-state index contributed by atoms with van der Waals surface area (Å²) in [7, 11) is 0. The number of halogens is 1. The molecule has 1 amide bonds. The smallest absolute Gasteiger partial charge is 0.255 e. The standard InChI is InChI=1S/C13H15BrN2O/c1-3-16(9-5-8-15)13(17)11-7-4-6-10(2)12(11)14/h4,6-7H,3,5,9H2,1-2H3. The molecular weight excluding hydrogens is 280 g/mol. The Hall–Kier alpha value is -1.34. The molecule has 1 aromatic rings. The van der Waals surface area contributed by atoms with Crippen LogP contribution in [0.15, 0.2) is 22.7 Å². The number of carbonyl (C=O) groups excluding carboxylic acids is 1. The van der Waals surface area contributed by atoms with Gasteiger partial charge in [0, 0.05) is 17.6 Å². The van der Waals surface area contributed by atoms with Crippen molar-refractivity contribution in [1.82, 2.24) is 4.90 Å². The fourth-order valence-electron chi connectivity index (χ4n) is 1.57. The summed E-state index contributed by atoms with van der Waals surface area (Å²) in [5, 5.41) is 8.56. The van der Waals surface area contributed by atoms with Crippen LogP contribution < -0.4 is 0 Å². The fraction of sp³-hybridized carbons (Fsp3) is 0.385. The SMILES string of the molecule is CCN(CCC#N)C(=O)c1cccc(C)c1Br. The van der Waals surface area contributed by atoms with Crippen LogP contribution in [0.3, 0.4) is 0 Å². The Labute approximate surface area is 110 Å². The van der Waals surface area contributed by atoms with E-state index in [0.29, 0.717) is 25.1 Å². The van der Waals surface area contributed by atoms with Crippen molar-refractivity contribution in [3.8, 4) is 6.07 Å². The zero-order valence-corrected chi connectivity index (χ0v) is 11.6. The van der Waals surface area contributed by atoms with Crippen LogP contribution >= 0.6 is 15.9 Å². The molecule has 0 heterocycles. The third-order valence-corrected chi connectivity index (χ3v) is 3.64. The number of carbonyl (C=O) groups is 1. The summed E-state index contributed by atoms with van der Waals surface area (Å²) in [6.45, 7) is 4.96. The second-order valence-corrected chi connectivity index (χ2v) is 4.52. The Bertz CT molecular complexity index is 451. The lowest BCUT2D eigenvalue weighted by Gasteiger charge is -2.20. The first-order chi connectivity index (χ1) is 8.11. The highest BCUT2D eigenvalue weighted by Crippen LogP contribution is 2.22. The Morgan fingerprint density at radius 1 is 1.53 bits per heavy atom. The van der Waals surface area contributed by atoms with E-state index in [-0.39, 0.29) is 5.91 Å². The number of nitriles is 1. The molecule has 1 rings (SSSR count). The summed E-state index contributed by atoms with van der Waals surface area (Å²) in [6, 6.07) is 7.68. The van der Waals surface area contributed by atoms with Crippen molar-refractivity contribution in [3.05, 3.63) is 33.8 Å². The maximum Gasteiger partial charge on any atom is 0.255 e. The largest absolute Gasteiger partial charge is 0.338 e. The van der Waals surface area contributed by atoms with Crippen molar-refractivity contribution in [1.29, 1.82) is 5.26 Å². The topological polar surface area (TPSA) is 44.1 Å². The van der Waals surface area contributed by atoms with Crippen LogP contribution in [0.1, 0.15) is 29.3 Å². The van der Waals surface area contributed by atoms with Gasteiger partial charge in [0.25, 0.3) is 5.91 Å². The minimum absolute atomic E-state index is 0.0293. The molecule has 0 unspecified atom stereocenters. The molecule has 1 aromatic carbocycles. The van der Waals surface area contributed by atoms with Gasteiger partial charge < -0.3 is 4.90 Å². The Kier molecular flexibility index (Phi) is 5.17. The first-order valence-electron chi connectivity index (χ1n) is 5.53. The molecule has 0 aliphatic heterocycles. The highest BCUT2D eigenvalue weighted by Gasteiger charge is 2.17. The molecule has 3 nitrogen and oxygen atoms in total. The van der Waals surface area contributed by atoms with Crippen LogP contribution in [0, 0.1) is 18.3 Å². The number of benzene rings is 1. The highest BCUT2D eigenvalue weighted by molar-refractivity contribution is 9.10. The van der Waals surface area contributed by atoms with Gasteiger partial charge in [-0.1, -0.05) is 12.1 Å². The summed E-state index contributed by atoms with van der Waals surface area (Å²) in [6.07, 6.45) is 0.364. The lowest BCUT2D eigenvalue weighted by atomic mass is 10.1. The van der Waals surface area contributed by atoms with Crippen molar-refractivity contribution in [2.75, 3.05) is 13.1 Å². The first kappa shape index (κ1) is 13.7. The van der Waals surface area contributed by atoms with Crippen LogP contribution in [-0.2, 0) is 0 Å². The van der Waals surface area contributed by atoms with E-state index in [1.165, 1.54) is 0 Å². The lowest BCUT2D eigenvalue weighted by Crippen LogP contribution is -2.31. The van der Waals surface area contributed by atoms with E-state index < -0.39 is 0 Å². The van der Waals surface area contributed by atoms with Crippen molar-refractivity contribution in [2.45, 2.75) is 20.3 Å². The molecular formula is C13H15BrN2O.